The molecule has 1 aliphatic heterocycles. The maximum Gasteiger partial charge on any atom is 0.311 e. The zero-order chi connectivity index (χ0) is 18.4. The predicted molar refractivity (Wildman–Crippen MR) is 90.5 cm³/mol. The van der Waals surface area contributed by atoms with Crippen LogP contribution < -0.4 is 9.47 Å². The highest BCUT2D eigenvalue weighted by Crippen LogP contribution is 2.50. The van der Waals surface area contributed by atoms with E-state index in [1.165, 1.54) is 24.6 Å². The monoisotopic (exact) mass is 369 g/mol. The number of carboxylic acid groups (broad SMARTS) is 1. The van der Waals surface area contributed by atoms with E-state index in [1.54, 1.807) is 13.0 Å². The number of benzene rings is 1. The Hall–Kier alpha value is -1.80. The summed E-state index contributed by atoms with van der Waals surface area (Å²) in [7, 11) is -0.869. The molecule has 2 atom stereocenters. The second kappa shape index (κ2) is 6.17. The fourth-order valence-electron chi connectivity index (χ4n) is 4.15. The molecule has 1 N–H and O–H groups in total. The summed E-state index contributed by atoms with van der Waals surface area (Å²) in [5, 5.41) is 9.68. The molecule has 0 amide bonds. The molecule has 1 aromatic carbocycles. The first kappa shape index (κ1) is 18.0. The van der Waals surface area contributed by atoms with Gasteiger partial charge in [-0.3, -0.25) is 4.79 Å². The Balaban J connectivity index is 2.00. The topological polar surface area (TPSA) is 93.1 Å². The minimum absolute atomic E-state index is 0.0309. The molecule has 0 radical (unpaired) electrons. The number of hydrogen-bond donors (Lipinski definition) is 1. The van der Waals surface area contributed by atoms with Crippen molar-refractivity contribution in [2.24, 2.45) is 11.3 Å². The zero-order valence-corrected chi connectivity index (χ0v) is 15.4. The van der Waals surface area contributed by atoms with Crippen LogP contribution in [-0.4, -0.2) is 51.1 Å². The number of ether oxygens (including phenoxy) is 2. The molecular formula is C17H23NO6S. The van der Waals surface area contributed by atoms with Crippen LogP contribution in [0.3, 0.4) is 0 Å². The fourth-order valence-corrected chi connectivity index (χ4v) is 5.93. The minimum Gasteiger partial charge on any atom is -0.493 e. The molecular weight excluding hydrogens is 346 g/mol. The van der Waals surface area contributed by atoms with Crippen molar-refractivity contribution in [1.82, 2.24) is 4.31 Å². The van der Waals surface area contributed by atoms with Gasteiger partial charge in [0.25, 0.3) is 0 Å². The van der Waals surface area contributed by atoms with Crippen molar-refractivity contribution >= 4 is 16.0 Å². The van der Waals surface area contributed by atoms with Crippen molar-refractivity contribution in [1.29, 1.82) is 0 Å². The van der Waals surface area contributed by atoms with Gasteiger partial charge < -0.3 is 14.6 Å². The Bertz CT molecular complexity index is 806. The first-order valence-electron chi connectivity index (χ1n) is 8.22. The van der Waals surface area contributed by atoms with Gasteiger partial charge in [0.1, 0.15) is 0 Å². The van der Waals surface area contributed by atoms with E-state index in [9.17, 15) is 18.3 Å². The summed E-state index contributed by atoms with van der Waals surface area (Å²) in [5.41, 5.74) is -0.406. The number of methoxy groups -OCH3 is 2. The molecule has 7 nitrogen and oxygen atoms in total. The van der Waals surface area contributed by atoms with Gasteiger partial charge in [-0.15, -0.1) is 0 Å². The number of carbonyl (C=O) groups is 1. The molecule has 1 saturated heterocycles. The maximum absolute atomic E-state index is 13.2. The Labute approximate surface area is 147 Å². The lowest BCUT2D eigenvalue weighted by Crippen LogP contribution is -2.37. The highest BCUT2D eigenvalue weighted by Gasteiger charge is 2.57. The second-order valence-electron chi connectivity index (χ2n) is 6.82. The molecule has 0 unspecified atom stereocenters. The summed E-state index contributed by atoms with van der Waals surface area (Å²) in [5.74, 6) is -0.227. The highest BCUT2D eigenvalue weighted by molar-refractivity contribution is 7.89. The van der Waals surface area contributed by atoms with Crippen LogP contribution in [0.25, 0.3) is 0 Å². The standard InChI is InChI=1S/C17H23NO6S/c1-11-7-13(23-2)14(24-3)8-15(11)25(21,22)18-9-12-5-4-6-17(12,10-18)16(19)20/h7-8,12H,4-6,9-10H2,1-3H3,(H,19,20)/t12-,17+/m0/s1. The summed E-state index contributed by atoms with van der Waals surface area (Å²) < 4.78 is 38.1. The number of aliphatic carboxylic acids is 1. The molecule has 8 heteroatoms. The molecule has 138 valence electrons. The number of carboxylic acids is 1. The SMILES string of the molecule is COc1cc(C)c(S(=O)(=O)N2C[C@@H]3CCC[C@@]3(C(=O)O)C2)cc1OC. The molecule has 1 aliphatic carbocycles. The first-order chi connectivity index (χ1) is 11.8. The van der Waals surface area contributed by atoms with E-state index < -0.39 is 21.4 Å². The van der Waals surface area contributed by atoms with Crippen LogP contribution in [0.4, 0.5) is 0 Å². The van der Waals surface area contributed by atoms with Crippen LogP contribution in [0.5, 0.6) is 11.5 Å². The van der Waals surface area contributed by atoms with Gasteiger partial charge in [-0.25, -0.2) is 8.42 Å². The van der Waals surface area contributed by atoms with Gasteiger partial charge in [0.2, 0.25) is 10.0 Å². The van der Waals surface area contributed by atoms with E-state index in [4.69, 9.17) is 9.47 Å². The number of sulfonamides is 1. The van der Waals surface area contributed by atoms with Crippen LogP contribution in [-0.2, 0) is 14.8 Å². The highest BCUT2D eigenvalue weighted by atomic mass is 32.2. The largest absolute Gasteiger partial charge is 0.493 e. The Kier molecular flexibility index (Phi) is 4.45. The van der Waals surface area contributed by atoms with Gasteiger partial charge in [0, 0.05) is 19.2 Å². The van der Waals surface area contributed by atoms with Crippen molar-refractivity contribution in [2.75, 3.05) is 27.3 Å². The average molecular weight is 369 g/mol. The van der Waals surface area contributed by atoms with Crippen molar-refractivity contribution in [2.45, 2.75) is 31.1 Å². The molecule has 2 fully saturated rings. The van der Waals surface area contributed by atoms with E-state index in [1.807, 2.05) is 0 Å². The smallest absolute Gasteiger partial charge is 0.311 e. The summed E-state index contributed by atoms with van der Waals surface area (Å²) in [6.45, 7) is 1.98. The number of hydrogen-bond acceptors (Lipinski definition) is 5. The molecule has 0 aromatic heterocycles. The van der Waals surface area contributed by atoms with E-state index in [-0.39, 0.29) is 23.9 Å². The van der Waals surface area contributed by atoms with E-state index in [0.717, 1.165) is 12.8 Å². The van der Waals surface area contributed by atoms with Gasteiger partial charge in [0.15, 0.2) is 11.5 Å². The van der Waals surface area contributed by atoms with Gasteiger partial charge in [-0.05, 0) is 37.3 Å². The third-order valence-corrected chi connectivity index (χ3v) is 7.52. The average Bonchev–Trinajstić information content (AvgIpc) is 3.12. The van der Waals surface area contributed by atoms with Crippen molar-refractivity contribution < 1.29 is 27.8 Å². The Morgan fingerprint density at radius 1 is 1.28 bits per heavy atom. The van der Waals surface area contributed by atoms with Gasteiger partial charge >= 0.3 is 5.97 Å². The maximum atomic E-state index is 13.2. The fraction of sp³-hybridized carbons (Fsp3) is 0.588. The van der Waals surface area contributed by atoms with Crippen LogP contribution in [0.1, 0.15) is 24.8 Å². The molecule has 0 bridgehead atoms. The minimum atomic E-state index is -3.81. The van der Waals surface area contributed by atoms with E-state index in [0.29, 0.717) is 23.5 Å². The first-order valence-corrected chi connectivity index (χ1v) is 9.66. The number of aryl methyl sites for hydroxylation is 1. The molecule has 2 aliphatic rings. The zero-order valence-electron chi connectivity index (χ0n) is 14.6. The lowest BCUT2D eigenvalue weighted by Gasteiger charge is -2.23. The lowest BCUT2D eigenvalue weighted by molar-refractivity contribution is -0.149. The molecule has 1 heterocycles. The van der Waals surface area contributed by atoms with Crippen LogP contribution in [0.15, 0.2) is 17.0 Å². The quantitative estimate of drug-likeness (QED) is 0.852. The molecule has 1 saturated carbocycles. The van der Waals surface area contributed by atoms with Gasteiger partial charge in [-0.1, -0.05) is 6.42 Å². The normalized spacial score (nSPS) is 26.4. The van der Waals surface area contributed by atoms with E-state index >= 15 is 0 Å². The predicted octanol–water partition coefficient (Wildman–Crippen LogP) is 1.89. The van der Waals surface area contributed by atoms with Crippen molar-refractivity contribution in [3.63, 3.8) is 0 Å². The molecule has 3 rings (SSSR count). The van der Waals surface area contributed by atoms with Crippen LogP contribution in [0.2, 0.25) is 0 Å². The number of fused-ring (bicyclic) bond motifs is 1. The molecule has 1 aromatic rings. The van der Waals surface area contributed by atoms with Gasteiger partial charge in [0.05, 0.1) is 24.5 Å². The van der Waals surface area contributed by atoms with Crippen LogP contribution >= 0.6 is 0 Å². The lowest BCUT2D eigenvalue weighted by atomic mass is 9.81. The molecule has 0 spiro atoms. The van der Waals surface area contributed by atoms with Crippen molar-refractivity contribution in [3.8, 4) is 11.5 Å². The summed E-state index contributed by atoms with van der Waals surface area (Å²) in [6.07, 6.45) is 2.12. The second-order valence-corrected chi connectivity index (χ2v) is 8.73. The number of rotatable bonds is 5. The number of nitrogens with zero attached hydrogens (tertiary/aromatic N) is 1. The Morgan fingerprint density at radius 2 is 1.92 bits per heavy atom. The third-order valence-electron chi connectivity index (χ3n) is 5.56. The summed E-state index contributed by atoms with van der Waals surface area (Å²) in [6, 6.07) is 3.07. The molecule has 25 heavy (non-hydrogen) atoms. The van der Waals surface area contributed by atoms with Gasteiger partial charge in [-0.2, -0.15) is 4.31 Å². The van der Waals surface area contributed by atoms with E-state index in [2.05, 4.69) is 0 Å². The van der Waals surface area contributed by atoms with Crippen molar-refractivity contribution in [3.05, 3.63) is 17.7 Å². The van der Waals surface area contributed by atoms with Crippen LogP contribution in [0, 0.1) is 18.3 Å². The summed E-state index contributed by atoms with van der Waals surface area (Å²) >= 11 is 0. The summed E-state index contributed by atoms with van der Waals surface area (Å²) in [4.78, 5) is 11.9. The Morgan fingerprint density at radius 3 is 2.48 bits per heavy atom. The third kappa shape index (κ3) is 2.67.